The fraction of sp³-hybridized carbons (Fsp3) is 0.727. The Labute approximate surface area is 157 Å². The normalized spacial score (nSPS) is 10.8. The zero-order chi connectivity index (χ0) is 16.6. The Bertz CT molecular complexity index is 348. The van der Waals surface area contributed by atoms with Crippen LogP contribution in [0.1, 0.15) is 83.6 Å². The van der Waals surface area contributed by atoms with E-state index in [9.17, 15) is 0 Å². The van der Waals surface area contributed by atoms with Crippen LogP contribution in [0.4, 0.5) is 0 Å². The molecule has 0 amide bonds. The van der Waals surface area contributed by atoms with Crippen molar-refractivity contribution in [2.75, 3.05) is 19.6 Å². The van der Waals surface area contributed by atoms with Crippen molar-refractivity contribution >= 4 is 12.4 Å². The van der Waals surface area contributed by atoms with Crippen molar-refractivity contribution in [3.63, 3.8) is 0 Å². The van der Waals surface area contributed by atoms with Gasteiger partial charge in [0, 0.05) is 0 Å². The number of nitrogens with zero attached hydrogens (tertiary/aromatic N) is 1. The zero-order valence-corrected chi connectivity index (χ0v) is 17.0. The van der Waals surface area contributed by atoms with Crippen LogP contribution in [0.3, 0.4) is 0 Å². The first-order valence-corrected chi connectivity index (χ1v) is 10.1. The molecule has 0 aliphatic rings. The lowest BCUT2D eigenvalue weighted by Gasteiger charge is -2.17. The highest BCUT2D eigenvalue weighted by molar-refractivity contribution is 5.85. The van der Waals surface area contributed by atoms with Crippen LogP contribution < -0.4 is 0 Å². The molecule has 1 rings (SSSR count). The summed E-state index contributed by atoms with van der Waals surface area (Å²) in [5, 5.41) is 0. The van der Waals surface area contributed by atoms with Crippen molar-refractivity contribution in [1.29, 1.82) is 0 Å². The molecule has 0 aliphatic heterocycles. The highest BCUT2D eigenvalue weighted by Crippen LogP contribution is 2.12. The molecular weight excluding hydrogens is 314 g/mol. The van der Waals surface area contributed by atoms with Crippen molar-refractivity contribution in [2.45, 2.75) is 84.5 Å². The zero-order valence-electron chi connectivity index (χ0n) is 16.1. The van der Waals surface area contributed by atoms with Gasteiger partial charge in [0.15, 0.2) is 0 Å². The molecule has 0 N–H and O–H groups in total. The average molecular weight is 354 g/mol. The van der Waals surface area contributed by atoms with E-state index in [-0.39, 0.29) is 12.4 Å². The number of hydrogen-bond acceptors (Lipinski definition) is 1. The maximum absolute atomic E-state index is 2.54. The van der Waals surface area contributed by atoms with Gasteiger partial charge in [-0.15, -0.1) is 12.4 Å². The fourth-order valence-corrected chi connectivity index (χ4v) is 3.26. The van der Waals surface area contributed by atoms with Crippen molar-refractivity contribution < 1.29 is 0 Å². The largest absolute Gasteiger partial charge is 0.304 e. The summed E-state index contributed by atoms with van der Waals surface area (Å²) in [4.78, 5) is 2.54. The van der Waals surface area contributed by atoms with Gasteiger partial charge in [0.25, 0.3) is 0 Å². The highest BCUT2D eigenvalue weighted by Gasteiger charge is 1.98. The molecule has 0 heterocycles. The summed E-state index contributed by atoms with van der Waals surface area (Å²) in [5.41, 5.74) is 1.50. The molecule has 0 saturated carbocycles. The number of benzene rings is 1. The minimum atomic E-state index is 0. The fourth-order valence-electron chi connectivity index (χ4n) is 3.26. The molecule has 2 heteroatoms. The molecule has 0 aromatic heterocycles. The highest BCUT2D eigenvalue weighted by atomic mass is 35.5. The van der Waals surface area contributed by atoms with E-state index < -0.39 is 0 Å². The average Bonchev–Trinajstić information content (AvgIpc) is 2.60. The van der Waals surface area contributed by atoms with Crippen LogP contribution in [0.5, 0.6) is 0 Å². The first-order chi connectivity index (χ1) is 11.4. The number of unbranched alkanes of at least 4 members (excludes halogenated alkanes) is 9. The molecule has 0 saturated heterocycles. The Kier molecular flexibility index (Phi) is 16.9. The van der Waals surface area contributed by atoms with E-state index in [2.05, 4.69) is 49.1 Å². The Morgan fingerprint density at radius 2 is 1.08 bits per heavy atom. The molecule has 1 aromatic carbocycles. The van der Waals surface area contributed by atoms with Gasteiger partial charge in [-0.25, -0.2) is 0 Å². The van der Waals surface area contributed by atoms with Gasteiger partial charge in [0.05, 0.1) is 0 Å². The molecule has 24 heavy (non-hydrogen) atoms. The summed E-state index contributed by atoms with van der Waals surface area (Å²) in [6.07, 6.45) is 15.5. The predicted octanol–water partition coefficient (Wildman–Crippen LogP) is 6.89. The van der Waals surface area contributed by atoms with Gasteiger partial charge in [-0.2, -0.15) is 0 Å². The van der Waals surface area contributed by atoms with Gasteiger partial charge in [0.2, 0.25) is 0 Å². The van der Waals surface area contributed by atoms with Crippen molar-refractivity contribution in [2.24, 2.45) is 0 Å². The maximum atomic E-state index is 2.54. The third-order valence-corrected chi connectivity index (χ3v) is 4.93. The van der Waals surface area contributed by atoms with Crippen molar-refractivity contribution in [3.05, 3.63) is 35.9 Å². The van der Waals surface area contributed by atoms with Crippen LogP contribution >= 0.6 is 12.4 Å². The maximum Gasteiger partial charge on any atom is -0.00190 e. The Balaban J connectivity index is 0.00000529. The summed E-state index contributed by atoms with van der Waals surface area (Å²) in [6.45, 7) is 8.25. The van der Waals surface area contributed by atoms with E-state index in [0.29, 0.717) is 0 Å². The third kappa shape index (κ3) is 12.8. The Hall–Kier alpha value is -0.530. The van der Waals surface area contributed by atoms with Crippen LogP contribution in [-0.2, 0) is 6.42 Å². The van der Waals surface area contributed by atoms with Gasteiger partial charge in [-0.1, -0.05) is 95.5 Å². The van der Waals surface area contributed by atoms with E-state index in [4.69, 9.17) is 0 Å². The Morgan fingerprint density at radius 3 is 1.58 bits per heavy atom. The summed E-state index contributed by atoms with van der Waals surface area (Å²) < 4.78 is 0. The molecular formula is C22H40ClN. The number of halogens is 1. The second-order valence-corrected chi connectivity index (χ2v) is 6.80. The minimum Gasteiger partial charge on any atom is -0.304 e. The second-order valence-electron chi connectivity index (χ2n) is 6.80. The molecule has 0 spiro atoms. The van der Waals surface area contributed by atoms with Crippen molar-refractivity contribution in [3.8, 4) is 0 Å². The third-order valence-electron chi connectivity index (χ3n) is 4.93. The number of rotatable bonds is 15. The minimum absolute atomic E-state index is 0. The Morgan fingerprint density at radius 1 is 0.625 bits per heavy atom. The van der Waals surface area contributed by atoms with Gasteiger partial charge >= 0.3 is 0 Å². The van der Waals surface area contributed by atoms with Gasteiger partial charge in [0.1, 0.15) is 0 Å². The van der Waals surface area contributed by atoms with E-state index in [1.165, 1.54) is 95.8 Å². The summed E-state index contributed by atoms with van der Waals surface area (Å²) in [7, 11) is 0. The lowest BCUT2D eigenvalue weighted by molar-refractivity contribution is 0.295. The number of aryl methyl sites for hydroxylation is 1. The van der Waals surface area contributed by atoms with E-state index in [0.717, 1.165) is 0 Å². The van der Waals surface area contributed by atoms with Crippen LogP contribution in [0.2, 0.25) is 0 Å². The lowest BCUT2D eigenvalue weighted by Crippen LogP contribution is -2.23. The first-order valence-electron chi connectivity index (χ1n) is 10.1. The molecule has 140 valence electrons. The molecule has 0 bridgehead atoms. The van der Waals surface area contributed by atoms with Crippen LogP contribution in [0.25, 0.3) is 0 Å². The monoisotopic (exact) mass is 353 g/mol. The number of hydrogen-bond donors (Lipinski definition) is 0. The SMILES string of the molecule is CCN(CC)CCCCCCCCCCCCc1ccccc1.Cl. The molecule has 0 radical (unpaired) electrons. The quantitative estimate of drug-likeness (QED) is 0.310. The molecule has 0 fully saturated rings. The van der Waals surface area contributed by atoms with Gasteiger partial charge in [-0.05, 0) is 44.5 Å². The predicted molar refractivity (Wildman–Crippen MR) is 111 cm³/mol. The summed E-state index contributed by atoms with van der Waals surface area (Å²) in [5.74, 6) is 0. The van der Waals surface area contributed by atoms with Crippen LogP contribution in [-0.4, -0.2) is 24.5 Å². The van der Waals surface area contributed by atoms with E-state index in [1.54, 1.807) is 0 Å². The topological polar surface area (TPSA) is 3.24 Å². The van der Waals surface area contributed by atoms with Crippen LogP contribution in [0.15, 0.2) is 30.3 Å². The summed E-state index contributed by atoms with van der Waals surface area (Å²) >= 11 is 0. The molecule has 1 nitrogen and oxygen atoms in total. The molecule has 0 atom stereocenters. The standard InChI is InChI=1S/C22H39N.ClH/c1-3-23(4-2)21-17-12-10-8-6-5-7-9-11-14-18-22-19-15-13-16-20-22;/h13,15-16,19-20H,3-12,14,17-18,21H2,1-2H3;1H. The summed E-state index contributed by atoms with van der Waals surface area (Å²) in [6, 6.07) is 10.9. The van der Waals surface area contributed by atoms with Gasteiger partial charge < -0.3 is 4.90 Å². The molecule has 0 aliphatic carbocycles. The molecule has 1 aromatic rings. The smallest absolute Gasteiger partial charge is 0.00190 e. The van der Waals surface area contributed by atoms with E-state index in [1.807, 2.05) is 0 Å². The first kappa shape index (κ1) is 23.5. The lowest BCUT2D eigenvalue weighted by atomic mass is 10.0. The van der Waals surface area contributed by atoms with Gasteiger partial charge in [-0.3, -0.25) is 0 Å². The second kappa shape index (κ2) is 17.3. The van der Waals surface area contributed by atoms with E-state index >= 15 is 0 Å². The molecule has 0 unspecified atom stereocenters. The van der Waals surface area contributed by atoms with Crippen LogP contribution in [0, 0.1) is 0 Å². The van der Waals surface area contributed by atoms with Crippen molar-refractivity contribution in [1.82, 2.24) is 4.90 Å².